The van der Waals surface area contributed by atoms with Crippen molar-refractivity contribution in [1.82, 2.24) is 10.2 Å². The van der Waals surface area contributed by atoms with Crippen molar-refractivity contribution in [2.75, 3.05) is 0 Å². The predicted octanol–water partition coefficient (Wildman–Crippen LogP) is 2.45. The second-order valence-electron chi connectivity index (χ2n) is 6.09. The number of nitrogens with zero attached hydrogens (tertiary/aromatic N) is 1. The topological polar surface area (TPSA) is 52.6 Å². The molecular formula is C16H23ClN2O2. The number of halogens is 1. The van der Waals surface area contributed by atoms with Crippen LogP contribution in [0.2, 0.25) is 0 Å². The number of fused-ring (bicyclic) bond motifs is 2. The lowest BCUT2D eigenvalue weighted by molar-refractivity contribution is -0.120. The van der Waals surface area contributed by atoms with Gasteiger partial charge in [-0.25, -0.2) is 0 Å². The molecule has 3 atom stereocenters. The molecule has 2 N–H and O–H groups in total. The normalized spacial score (nSPS) is 28.0. The van der Waals surface area contributed by atoms with E-state index < -0.39 is 0 Å². The lowest BCUT2D eigenvalue weighted by Crippen LogP contribution is -2.49. The van der Waals surface area contributed by atoms with Crippen LogP contribution in [0, 0.1) is 0 Å². The van der Waals surface area contributed by atoms with Gasteiger partial charge in [-0.1, -0.05) is 12.1 Å². The molecule has 0 radical (unpaired) electrons. The highest BCUT2D eigenvalue weighted by Crippen LogP contribution is 2.36. The van der Waals surface area contributed by atoms with Crippen LogP contribution in [0.15, 0.2) is 24.3 Å². The summed E-state index contributed by atoms with van der Waals surface area (Å²) >= 11 is 0. The molecule has 2 bridgehead atoms. The van der Waals surface area contributed by atoms with Crippen LogP contribution in [-0.4, -0.2) is 34.0 Å². The third-order valence-electron chi connectivity index (χ3n) is 4.59. The highest BCUT2D eigenvalue weighted by molar-refractivity contribution is 5.85. The molecule has 0 spiro atoms. The molecule has 21 heavy (non-hydrogen) atoms. The first-order valence-electron chi connectivity index (χ1n) is 7.42. The first kappa shape index (κ1) is 16.1. The summed E-state index contributed by atoms with van der Waals surface area (Å²) in [5.41, 5.74) is 1.25. The quantitative estimate of drug-likeness (QED) is 0.901. The van der Waals surface area contributed by atoms with Gasteiger partial charge in [-0.05, 0) is 43.4 Å². The van der Waals surface area contributed by atoms with E-state index in [0.29, 0.717) is 23.9 Å². The Morgan fingerprint density at radius 3 is 2.33 bits per heavy atom. The number of rotatable bonds is 3. The summed E-state index contributed by atoms with van der Waals surface area (Å²) in [5.74, 6) is 0.405. The zero-order valence-corrected chi connectivity index (χ0v) is 13.1. The van der Waals surface area contributed by atoms with Gasteiger partial charge in [-0.3, -0.25) is 9.69 Å². The molecule has 0 saturated carbocycles. The summed E-state index contributed by atoms with van der Waals surface area (Å²) in [6.07, 6.45) is 4.60. The molecular weight excluding hydrogens is 288 g/mol. The highest BCUT2D eigenvalue weighted by atomic mass is 35.5. The number of aromatic hydroxyl groups is 1. The summed E-state index contributed by atoms with van der Waals surface area (Å²) < 4.78 is 0. The first-order valence-corrected chi connectivity index (χ1v) is 7.42. The third-order valence-corrected chi connectivity index (χ3v) is 4.59. The second kappa shape index (κ2) is 6.67. The van der Waals surface area contributed by atoms with Gasteiger partial charge in [-0.2, -0.15) is 0 Å². The van der Waals surface area contributed by atoms with Crippen LogP contribution >= 0.6 is 12.4 Å². The molecule has 1 aromatic rings. The van der Waals surface area contributed by atoms with Gasteiger partial charge >= 0.3 is 0 Å². The van der Waals surface area contributed by atoms with E-state index in [9.17, 15) is 9.90 Å². The Bertz CT molecular complexity index is 478. The number of phenolic OH excluding ortho intramolecular Hbond substituents is 1. The fraction of sp³-hybridized carbons (Fsp3) is 0.562. The van der Waals surface area contributed by atoms with Crippen molar-refractivity contribution in [1.29, 1.82) is 0 Å². The predicted molar refractivity (Wildman–Crippen MR) is 84.5 cm³/mol. The zero-order chi connectivity index (χ0) is 14.1. The molecule has 2 heterocycles. The maximum atomic E-state index is 11.2. The van der Waals surface area contributed by atoms with Gasteiger partial charge in [0.1, 0.15) is 5.75 Å². The maximum absolute atomic E-state index is 11.2. The number of nitrogens with one attached hydrogen (secondary N) is 1. The van der Waals surface area contributed by atoms with Gasteiger partial charge < -0.3 is 10.4 Å². The SMILES string of the molecule is CC(=O)NC1C[C@H]2CC[C@@H](C1)N2Cc1ccc(O)cc1.Cl. The lowest BCUT2D eigenvalue weighted by atomic mass is 9.96. The van der Waals surface area contributed by atoms with Crippen LogP contribution in [0.3, 0.4) is 0 Å². The number of benzene rings is 1. The Hall–Kier alpha value is -1.26. The molecule has 1 aromatic carbocycles. The zero-order valence-electron chi connectivity index (χ0n) is 12.3. The van der Waals surface area contributed by atoms with E-state index in [2.05, 4.69) is 10.2 Å². The molecule has 5 heteroatoms. The second-order valence-corrected chi connectivity index (χ2v) is 6.09. The number of phenols is 1. The average molecular weight is 311 g/mol. The molecule has 0 aromatic heterocycles. The number of carbonyl (C=O) groups is 1. The minimum atomic E-state index is 0. The largest absolute Gasteiger partial charge is 0.508 e. The molecule has 3 rings (SSSR count). The summed E-state index contributed by atoms with van der Waals surface area (Å²) in [6.45, 7) is 2.55. The Morgan fingerprint density at radius 1 is 1.24 bits per heavy atom. The third kappa shape index (κ3) is 3.69. The van der Waals surface area contributed by atoms with Crippen molar-refractivity contribution in [2.24, 2.45) is 0 Å². The number of amides is 1. The fourth-order valence-electron chi connectivity index (χ4n) is 3.75. The van der Waals surface area contributed by atoms with Gasteiger partial charge in [0.25, 0.3) is 0 Å². The van der Waals surface area contributed by atoms with Crippen LogP contribution in [0.25, 0.3) is 0 Å². The van der Waals surface area contributed by atoms with E-state index in [4.69, 9.17) is 0 Å². The summed E-state index contributed by atoms with van der Waals surface area (Å²) in [7, 11) is 0. The number of hydrogen-bond acceptors (Lipinski definition) is 3. The van der Waals surface area contributed by atoms with Crippen molar-refractivity contribution in [3.63, 3.8) is 0 Å². The van der Waals surface area contributed by atoms with Gasteiger partial charge in [-0.15, -0.1) is 12.4 Å². The van der Waals surface area contributed by atoms with E-state index in [0.717, 1.165) is 19.4 Å². The van der Waals surface area contributed by atoms with Crippen LogP contribution in [0.4, 0.5) is 0 Å². The molecule has 116 valence electrons. The van der Waals surface area contributed by atoms with Gasteiger partial charge in [0.05, 0.1) is 0 Å². The van der Waals surface area contributed by atoms with Crippen LogP contribution < -0.4 is 5.32 Å². The Balaban J connectivity index is 0.00000161. The van der Waals surface area contributed by atoms with Gasteiger partial charge in [0, 0.05) is 31.6 Å². The Labute approximate surface area is 131 Å². The summed E-state index contributed by atoms with van der Waals surface area (Å²) in [5, 5.41) is 12.4. The van der Waals surface area contributed by atoms with E-state index in [-0.39, 0.29) is 18.3 Å². The Kier molecular flexibility index (Phi) is 5.12. The molecule has 4 nitrogen and oxygen atoms in total. The fourth-order valence-corrected chi connectivity index (χ4v) is 3.75. The van der Waals surface area contributed by atoms with Crippen molar-refractivity contribution < 1.29 is 9.90 Å². The smallest absolute Gasteiger partial charge is 0.217 e. The van der Waals surface area contributed by atoms with Gasteiger partial charge in [0.15, 0.2) is 0 Å². The number of hydrogen-bond donors (Lipinski definition) is 2. The molecule has 1 amide bonds. The van der Waals surface area contributed by atoms with Crippen molar-refractivity contribution in [3.05, 3.63) is 29.8 Å². The number of piperidine rings is 1. The monoisotopic (exact) mass is 310 g/mol. The summed E-state index contributed by atoms with van der Waals surface area (Å²) in [4.78, 5) is 13.8. The van der Waals surface area contributed by atoms with Crippen molar-refractivity contribution >= 4 is 18.3 Å². The molecule has 0 aliphatic carbocycles. The van der Waals surface area contributed by atoms with Crippen LogP contribution in [0.5, 0.6) is 5.75 Å². The van der Waals surface area contributed by atoms with E-state index >= 15 is 0 Å². The molecule has 2 fully saturated rings. The highest BCUT2D eigenvalue weighted by Gasteiger charge is 2.40. The molecule has 2 aliphatic rings. The van der Waals surface area contributed by atoms with Crippen LogP contribution in [-0.2, 0) is 11.3 Å². The standard InChI is InChI=1S/C16H22N2O2.ClH/c1-11(19)17-13-8-14-4-5-15(9-13)18(14)10-12-2-6-16(20)7-3-12;/h2-3,6-7,13-15,20H,4-5,8-10H2,1H3,(H,17,19);1H/t13?,14-,15+;. The Morgan fingerprint density at radius 2 is 1.81 bits per heavy atom. The van der Waals surface area contributed by atoms with E-state index in [1.165, 1.54) is 18.4 Å². The molecule has 2 aliphatic heterocycles. The minimum absolute atomic E-state index is 0. The van der Waals surface area contributed by atoms with Crippen molar-refractivity contribution in [2.45, 2.75) is 57.3 Å². The molecule has 2 saturated heterocycles. The number of carbonyl (C=O) groups excluding carboxylic acids is 1. The van der Waals surface area contributed by atoms with E-state index in [1.807, 2.05) is 12.1 Å². The van der Waals surface area contributed by atoms with Gasteiger partial charge in [0.2, 0.25) is 5.91 Å². The lowest BCUT2D eigenvalue weighted by Gasteiger charge is -2.39. The average Bonchev–Trinajstić information content (AvgIpc) is 2.63. The summed E-state index contributed by atoms with van der Waals surface area (Å²) in [6, 6.07) is 9.01. The van der Waals surface area contributed by atoms with Crippen molar-refractivity contribution in [3.8, 4) is 5.75 Å². The van der Waals surface area contributed by atoms with Crippen LogP contribution in [0.1, 0.15) is 38.2 Å². The first-order chi connectivity index (χ1) is 9.61. The maximum Gasteiger partial charge on any atom is 0.217 e. The molecule has 1 unspecified atom stereocenters. The van der Waals surface area contributed by atoms with E-state index in [1.54, 1.807) is 19.1 Å². The minimum Gasteiger partial charge on any atom is -0.508 e.